The van der Waals surface area contributed by atoms with Crippen molar-refractivity contribution in [2.75, 3.05) is 11.9 Å². The Morgan fingerprint density at radius 3 is 2.72 bits per heavy atom. The van der Waals surface area contributed by atoms with Crippen LogP contribution in [0.5, 0.6) is 5.75 Å². The molecule has 3 heteroatoms. The molecule has 1 aromatic rings. The smallest absolute Gasteiger partial charge is 0.123 e. The third-order valence-electron chi connectivity index (χ3n) is 3.48. The first-order valence-corrected chi connectivity index (χ1v) is 7.45. The maximum absolute atomic E-state index is 5.97. The SMILES string of the molecule is CCOc1ccc(NC2CCCCC2)cc1CCl. The molecule has 1 aliphatic rings. The summed E-state index contributed by atoms with van der Waals surface area (Å²) >= 11 is 5.97. The van der Waals surface area contributed by atoms with E-state index in [2.05, 4.69) is 17.4 Å². The summed E-state index contributed by atoms with van der Waals surface area (Å²) in [5, 5.41) is 3.61. The van der Waals surface area contributed by atoms with Gasteiger partial charge in [-0.15, -0.1) is 11.6 Å². The van der Waals surface area contributed by atoms with E-state index in [4.69, 9.17) is 16.3 Å². The van der Waals surface area contributed by atoms with Crippen LogP contribution in [0.2, 0.25) is 0 Å². The van der Waals surface area contributed by atoms with E-state index in [0.717, 1.165) is 11.3 Å². The molecule has 1 aliphatic carbocycles. The fraction of sp³-hybridized carbons (Fsp3) is 0.600. The number of hydrogen-bond acceptors (Lipinski definition) is 2. The van der Waals surface area contributed by atoms with Crippen molar-refractivity contribution >= 4 is 17.3 Å². The molecule has 0 unspecified atom stereocenters. The number of ether oxygens (including phenoxy) is 1. The standard InChI is InChI=1S/C15H22ClNO/c1-2-18-15-9-8-14(10-12(15)11-16)17-13-6-4-3-5-7-13/h8-10,13,17H,2-7,11H2,1H3. The monoisotopic (exact) mass is 267 g/mol. The zero-order valence-corrected chi connectivity index (χ0v) is 11.8. The quantitative estimate of drug-likeness (QED) is 0.789. The van der Waals surface area contributed by atoms with Gasteiger partial charge in [-0.05, 0) is 38.0 Å². The highest BCUT2D eigenvalue weighted by atomic mass is 35.5. The molecule has 1 fully saturated rings. The highest BCUT2D eigenvalue weighted by molar-refractivity contribution is 6.17. The van der Waals surface area contributed by atoms with Crippen LogP contribution >= 0.6 is 11.6 Å². The van der Waals surface area contributed by atoms with Crippen molar-refractivity contribution in [1.82, 2.24) is 0 Å². The summed E-state index contributed by atoms with van der Waals surface area (Å²) in [5.74, 6) is 1.40. The molecule has 1 saturated carbocycles. The lowest BCUT2D eigenvalue weighted by molar-refractivity contribution is 0.337. The molecule has 1 N–H and O–H groups in total. The lowest BCUT2D eigenvalue weighted by Crippen LogP contribution is -2.22. The minimum Gasteiger partial charge on any atom is -0.494 e. The molecule has 100 valence electrons. The first-order chi connectivity index (χ1) is 8.83. The molecular weight excluding hydrogens is 246 g/mol. The Bertz CT molecular complexity index is 375. The average molecular weight is 268 g/mol. The van der Waals surface area contributed by atoms with Gasteiger partial charge < -0.3 is 10.1 Å². The van der Waals surface area contributed by atoms with Crippen molar-refractivity contribution in [3.05, 3.63) is 23.8 Å². The van der Waals surface area contributed by atoms with Crippen molar-refractivity contribution in [3.8, 4) is 5.75 Å². The number of anilines is 1. The van der Waals surface area contributed by atoms with Crippen molar-refractivity contribution in [2.45, 2.75) is 50.9 Å². The van der Waals surface area contributed by atoms with E-state index in [1.807, 2.05) is 13.0 Å². The van der Waals surface area contributed by atoms with Crippen LogP contribution in [0.3, 0.4) is 0 Å². The first kappa shape index (κ1) is 13.5. The Morgan fingerprint density at radius 1 is 1.28 bits per heavy atom. The van der Waals surface area contributed by atoms with Crippen LogP contribution in [0.25, 0.3) is 0 Å². The lowest BCUT2D eigenvalue weighted by Gasteiger charge is -2.24. The van der Waals surface area contributed by atoms with Gasteiger partial charge in [0.15, 0.2) is 0 Å². The molecule has 2 nitrogen and oxygen atoms in total. The highest BCUT2D eigenvalue weighted by Gasteiger charge is 2.13. The molecule has 18 heavy (non-hydrogen) atoms. The van der Waals surface area contributed by atoms with Crippen molar-refractivity contribution in [1.29, 1.82) is 0 Å². The number of halogens is 1. The maximum Gasteiger partial charge on any atom is 0.123 e. The number of alkyl halides is 1. The molecule has 0 radical (unpaired) electrons. The summed E-state index contributed by atoms with van der Waals surface area (Å²) in [6, 6.07) is 6.86. The van der Waals surface area contributed by atoms with Gasteiger partial charge in [0, 0.05) is 17.3 Å². The molecule has 0 aromatic heterocycles. The molecule has 2 rings (SSSR count). The minimum atomic E-state index is 0.496. The van der Waals surface area contributed by atoms with Gasteiger partial charge in [-0.2, -0.15) is 0 Å². The van der Waals surface area contributed by atoms with Crippen LogP contribution in [-0.4, -0.2) is 12.6 Å². The van der Waals surface area contributed by atoms with E-state index in [1.165, 1.54) is 37.8 Å². The summed E-state index contributed by atoms with van der Waals surface area (Å²) in [7, 11) is 0. The Kier molecular flexibility index (Phi) is 5.18. The van der Waals surface area contributed by atoms with Crippen LogP contribution < -0.4 is 10.1 Å². The van der Waals surface area contributed by atoms with Crippen LogP contribution in [0.4, 0.5) is 5.69 Å². The third-order valence-corrected chi connectivity index (χ3v) is 3.77. The molecule has 0 bridgehead atoms. The Hall–Kier alpha value is -0.890. The fourth-order valence-corrected chi connectivity index (χ4v) is 2.76. The van der Waals surface area contributed by atoms with E-state index in [9.17, 15) is 0 Å². The minimum absolute atomic E-state index is 0.496. The van der Waals surface area contributed by atoms with Gasteiger partial charge >= 0.3 is 0 Å². The van der Waals surface area contributed by atoms with Gasteiger partial charge in [0.05, 0.1) is 12.5 Å². The molecule has 0 aliphatic heterocycles. The largest absolute Gasteiger partial charge is 0.494 e. The summed E-state index contributed by atoms with van der Waals surface area (Å²) in [6.45, 7) is 2.67. The van der Waals surface area contributed by atoms with Crippen LogP contribution in [0.1, 0.15) is 44.6 Å². The van der Waals surface area contributed by atoms with Gasteiger partial charge in [-0.1, -0.05) is 19.3 Å². The van der Waals surface area contributed by atoms with E-state index >= 15 is 0 Å². The Morgan fingerprint density at radius 2 is 2.06 bits per heavy atom. The normalized spacial score (nSPS) is 16.6. The summed E-state index contributed by atoms with van der Waals surface area (Å²) < 4.78 is 5.56. The Labute approximate surface area is 115 Å². The summed E-state index contributed by atoms with van der Waals surface area (Å²) in [5.41, 5.74) is 2.24. The predicted octanol–water partition coefficient (Wildman–Crippen LogP) is 4.57. The van der Waals surface area contributed by atoms with Crippen molar-refractivity contribution < 1.29 is 4.74 Å². The number of nitrogens with one attached hydrogen (secondary N) is 1. The maximum atomic E-state index is 5.97. The van der Waals surface area contributed by atoms with E-state index in [1.54, 1.807) is 0 Å². The molecule has 0 spiro atoms. The second kappa shape index (κ2) is 6.89. The van der Waals surface area contributed by atoms with E-state index in [0.29, 0.717) is 18.5 Å². The van der Waals surface area contributed by atoms with E-state index in [-0.39, 0.29) is 0 Å². The molecule has 0 heterocycles. The van der Waals surface area contributed by atoms with E-state index < -0.39 is 0 Å². The zero-order chi connectivity index (χ0) is 12.8. The molecule has 0 atom stereocenters. The van der Waals surface area contributed by atoms with Crippen LogP contribution in [0.15, 0.2) is 18.2 Å². The zero-order valence-electron chi connectivity index (χ0n) is 11.0. The second-order valence-corrected chi connectivity index (χ2v) is 5.14. The molecule has 0 saturated heterocycles. The van der Waals surface area contributed by atoms with Crippen molar-refractivity contribution in [2.24, 2.45) is 0 Å². The number of benzene rings is 1. The fourth-order valence-electron chi connectivity index (χ4n) is 2.55. The number of rotatable bonds is 5. The topological polar surface area (TPSA) is 21.3 Å². The van der Waals surface area contributed by atoms with Gasteiger partial charge in [0.25, 0.3) is 0 Å². The van der Waals surface area contributed by atoms with Gasteiger partial charge in [0.1, 0.15) is 5.75 Å². The molecule has 1 aromatic carbocycles. The summed E-state index contributed by atoms with van der Waals surface area (Å²) in [6.07, 6.45) is 6.63. The van der Waals surface area contributed by atoms with Gasteiger partial charge in [-0.3, -0.25) is 0 Å². The molecule has 0 amide bonds. The van der Waals surface area contributed by atoms with Crippen LogP contribution in [-0.2, 0) is 5.88 Å². The lowest BCUT2D eigenvalue weighted by atomic mass is 9.95. The third kappa shape index (κ3) is 3.55. The molecular formula is C15H22ClNO. The Balaban J connectivity index is 2.04. The van der Waals surface area contributed by atoms with Crippen molar-refractivity contribution in [3.63, 3.8) is 0 Å². The average Bonchev–Trinajstić information content (AvgIpc) is 2.42. The highest BCUT2D eigenvalue weighted by Crippen LogP contribution is 2.27. The second-order valence-electron chi connectivity index (χ2n) is 4.87. The van der Waals surface area contributed by atoms with Gasteiger partial charge in [-0.25, -0.2) is 0 Å². The van der Waals surface area contributed by atoms with Crippen LogP contribution in [0, 0.1) is 0 Å². The number of hydrogen-bond donors (Lipinski definition) is 1. The van der Waals surface area contributed by atoms with Gasteiger partial charge in [0.2, 0.25) is 0 Å². The predicted molar refractivity (Wildman–Crippen MR) is 77.7 cm³/mol. The first-order valence-electron chi connectivity index (χ1n) is 6.91. The summed E-state index contributed by atoms with van der Waals surface area (Å²) in [4.78, 5) is 0.